The van der Waals surface area contributed by atoms with Crippen molar-refractivity contribution in [3.8, 4) is 0 Å². The minimum atomic E-state index is -0.375. The van der Waals surface area contributed by atoms with Crippen LogP contribution in [-0.4, -0.2) is 35.0 Å². The van der Waals surface area contributed by atoms with E-state index >= 15 is 0 Å². The number of rotatable bonds is 5. The number of furan rings is 1. The van der Waals surface area contributed by atoms with Gasteiger partial charge in [0.2, 0.25) is 0 Å². The Morgan fingerprint density at radius 3 is 2.54 bits per heavy atom. The number of nitrogens with zero attached hydrogens (tertiary/aromatic N) is 1. The van der Waals surface area contributed by atoms with Gasteiger partial charge in [0.15, 0.2) is 5.76 Å². The van der Waals surface area contributed by atoms with E-state index in [1.54, 1.807) is 25.1 Å². The highest BCUT2D eigenvalue weighted by atomic mass is 32.2. The maximum Gasteiger partial charge on any atom is 0.293 e. The van der Waals surface area contributed by atoms with Gasteiger partial charge in [-0.15, -0.1) is 0 Å². The highest BCUT2D eigenvalue weighted by Gasteiger charge is 2.34. The SMILES string of the molecule is Cc1ccc(/C=C2/SC(=O)N(CCNC(=O)c3ccc(C)o3)C2=O)cc1. The van der Waals surface area contributed by atoms with E-state index < -0.39 is 0 Å². The van der Waals surface area contributed by atoms with Crippen molar-refractivity contribution >= 4 is 34.9 Å². The summed E-state index contributed by atoms with van der Waals surface area (Å²) in [6.07, 6.45) is 1.70. The normalized spacial score (nSPS) is 15.8. The van der Waals surface area contributed by atoms with Gasteiger partial charge in [0.05, 0.1) is 4.91 Å². The molecule has 7 heteroatoms. The molecule has 1 aliphatic rings. The van der Waals surface area contributed by atoms with Crippen LogP contribution < -0.4 is 5.32 Å². The maximum atomic E-state index is 12.4. The van der Waals surface area contributed by atoms with Gasteiger partial charge in [-0.2, -0.15) is 0 Å². The van der Waals surface area contributed by atoms with Gasteiger partial charge in [-0.25, -0.2) is 0 Å². The van der Waals surface area contributed by atoms with Crippen LogP contribution in [0.5, 0.6) is 0 Å². The summed E-state index contributed by atoms with van der Waals surface area (Å²) in [5.41, 5.74) is 1.99. The molecule has 0 spiro atoms. The average molecular weight is 370 g/mol. The molecular formula is C19H18N2O4S. The molecule has 0 atom stereocenters. The molecule has 0 bridgehead atoms. The lowest BCUT2D eigenvalue weighted by Gasteiger charge is -2.12. The molecule has 1 aliphatic heterocycles. The Morgan fingerprint density at radius 1 is 1.15 bits per heavy atom. The average Bonchev–Trinajstić information content (AvgIpc) is 3.15. The molecule has 134 valence electrons. The summed E-state index contributed by atoms with van der Waals surface area (Å²) in [4.78, 5) is 37.9. The van der Waals surface area contributed by atoms with Crippen molar-refractivity contribution < 1.29 is 18.8 Å². The molecule has 26 heavy (non-hydrogen) atoms. The molecule has 0 unspecified atom stereocenters. The van der Waals surface area contributed by atoms with Crippen LogP contribution >= 0.6 is 11.8 Å². The van der Waals surface area contributed by atoms with Gasteiger partial charge in [0, 0.05) is 13.1 Å². The first kappa shape index (κ1) is 18.0. The number of hydrogen-bond acceptors (Lipinski definition) is 5. The molecule has 1 aromatic carbocycles. The first-order valence-electron chi connectivity index (χ1n) is 8.11. The predicted octanol–water partition coefficient (Wildman–Crippen LogP) is 3.36. The summed E-state index contributed by atoms with van der Waals surface area (Å²) >= 11 is 0.907. The van der Waals surface area contributed by atoms with E-state index in [4.69, 9.17) is 4.42 Å². The lowest BCUT2D eigenvalue weighted by Crippen LogP contribution is -2.37. The summed E-state index contributed by atoms with van der Waals surface area (Å²) in [5, 5.41) is 2.31. The molecule has 1 N–H and O–H groups in total. The summed E-state index contributed by atoms with van der Waals surface area (Å²) < 4.78 is 5.23. The number of carbonyl (C=O) groups is 3. The van der Waals surface area contributed by atoms with E-state index in [9.17, 15) is 14.4 Å². The molecule has 0 saturated carbocycles. The Morgan fingerprint density at radius 2 is 1.88 bits per heavy atom. The van der Waals surface area contributed by atoms with Gasteiger partial charge in [0.25, 0.3) is 17.1 Å². The van der Waals surface area contributed by atoms with E-state index in [1.165, 1.54) is 0 Å². The topological polar surface area (TPSA) is 79.6 Å². The number of aryl methyl sites for hydroxylation is 2. The van der Waals surface area contributed by atoms with Gasteiger partial charge >= 0.3 is 0 Å². The molecule has 2 aromatic rings. The quantitative estimate of drug-likeness (QED) is 0.817. The number of carbonyl (C=O) groups excluding carboxylic acids is 3. The number of nitrogens with one attached hydrogen (secondary N) is 1. The summed E-state index contributed by atoms with van der Waals surface area (Å²) in [6, 6.07) is 11.0. The van der Waals surface area contributed by atoms with Gasteiger partial charge in [-0.3, -0.25) is 19.3 Å². The molecule has 1 aromatic heterocycles. The molecule has 3 rings (SSSR count). The Labute approximate surface area is 155 Å². The van der Waals surface area contributed by atoms with Crippen molar-refractivity contribution in [3.63, 3.8) is 0 Å². The number of hydrogen-bond donors (Lipinski definition) is 1. The minimum Gasteiger partial charge on any atom is -0.456 e. The predicted molar refractivity (Wildman–Crippen MR) is 99.6 cm³/mol. The molecule has 0 radical (unpaired) electrons. The second-order valence-electron chi connectivity index (χ2n) is 5.91. The zero-order valence-corrected chi connectivity index (χ0v) is 15.3. The molecule has 3 amide bonds. The molecule has 1 fully saturated rings. The van der Waals surface area contributed by atoms with Gasteiger partial charge in [-0.05, 0) is 49.4 Å². The number of imide groups is 1. The lowest BCUT2D eigenvalue weighted by atomic mass is 10.1. The highest BCUT2D eigenvalue weighted by Crippen LogP contribution is 2.31. The van der Waals surface area contributed by atoms with E-state index in [0.29, 0.717) is 10.7 Å². The van der Waals surface area contributed by atoms with Crippen LogP contribution in [0.25, 0.3) is 6.08 Å². The van der Waals surface area contributed by atoms with Crippen LogP contribution in [0.2, 0.25) is 0 Å². The molecule has 2 heterocycles. The minimum absolute atomic E-state index is 0.112. The zero-order chi connectivity index (χ0) is 18.7. The third-order valence-electron chi connectivity index (χ3n) is 3.83. The van der Waals surface area contributed by atoms with Gasteiger partial charge in [-0.1, -0.05) is 29.8 Å². The van der Waals surface area contributed by atoms with Crippen molar-refractivity contribution in [1.82, 2.24) is 10.2 Å². The Bertz CT molecular complexity index is 883. The lowest BCUT2D eigenvalue weighted by molar-refractivity contribution is -0.122. The molecule has 1 saturated heterocycles. The monoisotopic (exact) mass is 370 g/mol. The smallest absolute Gasteiger partial charge is 0.293 e. The Kier molecular flexibility index (Phi) is 5.27. The van der Waals surface area contributed by atoms with Crippen LogP contribution in [0.15, 0.2) is 45.7 Å². The van der Waals surface area contributed by atoms with Gasteiger partial charge in [0.1, 0.15) is 5.76 Å². The maximum absolute atomic E-state index is 12.4. The highest BCUT2D eigenvalue weighted by molar-refractivity contribution is 8.18. The largest absolute Gasteiger partial charge is 0.456 e. The van der Waals surface area contributed by atoms with E-state index in [2.05, 4.69) is 5.32 Å². The summed E-state index contributed by atoms with van der Waals surface area (Å²) in [7, 11) is 0. The van der Waals surface area contributed by atoms with E-state index in [1.807, 2.05) is 31.2 Å². The third-order valence-corrected chi connectivity index (χ3v) is 4.74. The van der Waals surface area contributed by atoms with Crippen molar-refractivity contribution in [2.75, 3.05) is 13.1 Å². The van der Waals surface area contributed by atoms with Crippen molar-refractivity contribution in [2.45, 2.75) is 13.8 Å². The third kappa shape index (κ3) is 4.05. The molecular weight excluding hydrogens is 352 g/mol. The Hall–Kier alpha value is -2.80. The molecule has 6 nitrogen and oxygen atoms in total. The standard InChI is InChI=1S/C19H18N2O4S/c1-12-3-6-14(7-4-12)11-16-18(23)21(19(24)26-16)10-9-20-17(22)15-8-5-13(2)25-15/h3-8,11H,9-10H2,1-2H3,(H,20,22)/b16-11+. The zero-order valence-electron chi connectivity index (χ0n) is 14.4. The number of amides is 3. The second kappa shape index (κ2) is 7.61. The van der Waals surface area contributed by atoms with Crippen LogP contribution in [0.4, 0.5) is 4.79 Å². The number of thioether (sulfide) groups is 1. The van der Waals surface area contributed by atoms with Crippen LogP contribution in [-0.2, 0) is 4.79 Å². The summed E-state index contributed by atoms with van der Waals surface area (Å²) in [6.45, 7) is 4.00. The number of benzene rings is 1. The van der Waals surface area contributed by atoms with Crippen LogP contribution in [0.1, 0.15) is 27.4 Å². The fourth-order valence-electron chi connectivity index (χ4n) is 2.43. The first-order valence-corrected chi connectivity index (χ1v) is 8.92. The molecule has 0 aliphatic carbocycles. The van der Waals surface area contributed by atoms with Gasteiger partial charge < -0.3 is 9.73 Å². The van der Waals surface area contributed by atoms with E-state index in [0.717, 1.165) is 27.8 Å². The van der Waals surface area contributed by atoms with Crippen molar-refractivity contribution in [2.24, 2.45) is 0 Å². The second-order valence-corrected chi connectivity index (χ2v) is 6.90. The van der Waals surface area contributed by atoms with Crippen molar-refractivity contribution in [3.05, 3.63) is 64.0 Å². The van der Waals surface area contributed by atoms with Crippen molar-refractivity contribution in [1.29, 1.82) is 0 Å². The fourth-order valence-corrected chi connectivity index (χ4v) is 3.30. The summed E-state index contributed by atoms with van der Waals surface area (Å²) in [5.74, 6) is 0.127. The van der Waals surface area contributed by atoms with Crippen LogP contribution in [0, 0.1) is 13.8 Å². The van der Waals surface area contributed by atoms with Crippen LogP contribution in [0.3, 0.4) is 0 Å². The first-order chi connectivity index (χ1) is 12.4. The fraction of sp³-hybridized carbons (Fsp3) is 0.211. The Balaban J connectivity index is 1.58. The van der Waals surface area contributed by atoms with E-state index in [-0.39, 0.29) is 35.9 Å².